The first-order valence-electron chi connectivity index (χ1n) is 6.22. The molecule has 0 saturated carbocycles. The van der Waals surface area contributed by atoms with Crippen LogP contribution in [0.3, 0.4) is 0 Å². The van der Waals surface area contributed by atoms with E-state index in [1.807, 2.05) is 11.8 Å². The molecule has 2 heterocycles. The predicted molar refractivity (Wildman–Crippen MR) is 68.1 cm³/mol. The Kier molecular flexibility index (Phi) is 3.76. The SMILES string of the molecule is CCc1nnsc1C(=O)N1C[C@H](C)C[C@H](C)C1. The molecule has 0 bridgehead atoms. The summed E-state index contributed by atoms with van der Waals surface area (Å²) in [6, 6.07) is 0. The maximum Gasteiger partial charge on any atom is 0.267 e. The summed E-state index contributed by atoms with van der Waals surface area (Å²) in [6.07, 6.45) is 1.99. The minimum Gasteiger partial charge on any atom is -0.337 e. The van der Waals surface area contributed by atoms with E-state index in [1.165, 1.54) is 18.0 Å². The van der Waals surface area contributed by atoms with E-state index in [0.717, 1.165) is 30.1 Å². The third-order valence-electron chi connectivity index (χ3n) is 3.24. The Morgan fingerprint density at radius 1 is 1.41 bits per heavy atom. The normalized spacial score (nSPS) is 25.0. The van der Waals surface area contributed by atoms with Crippen molar-refractivity contribution in [2.24, 2.45) is 11.8 Å². The van der Waals surface area contributed by atoms with E-state index in [9.17, 15) is 4.79 Å². The number of hydrogen-bond donors (Lipinski definition) is 0. The van der Waals surface area contributed by atoms with Gasteiger partial charge in [0.15, 0.2) is 0 Å². The van der Waals surface area contributed by atoms with Crippen LogP contribution >= 0.6 is 11.5 Å². The van der Waals surface area contributed by atoms with Crippen LogP contribution in [0.4, 0.5) is 0 Å². The standard InChI is InChI=1S/C12H19N3OS/c1-4-10-11(17-14-13-10)12(16)15-6-8(2)5-9(3)7-15/h8-9H,4-7H2,1-3H3/t8-,9+. The lowest BCUT2D eigenvalue weighted by Gasteiger charge is -2.34. The maximum atomic E-state index is 12.4. The fraction of sp³-hybridized carbons (Fsp3) is 0.750. The number of rotatable bonds is 2. The summed E-state index contributed by atoms with van der Waals surface area (Å²) in [5.41, 5.74) is 0.839. The van der Waals surface area contributed by atoms with Crippen LogP contribution in [-0.2, 0) is 6.42 Å². The van der Waals surface area contributed by atoms with Crippen molar-refractivity contribution in [2.75, 3.05) is 13.1 Å². The predicted octanol–water partition coefficient (Wildman–Crippen LogP) is 2.22. The lowest BCUT2D eigenvalue weighted by atomic mass is 9.92. The van der Waals surface area contributed by atoms with Crippen LogP contribution in [0.1, 0.15) is 42.6 Å². The smallest absolute Gasteiger partial charge is 0.267 e. The zero-order chi connectivity index (χ0) is 12.4. The molecule has 1 aliphatic heterocycles. The third-order valence-corrected chi connectivity index (χ3v) is 4.00. The van der Waals surface area contributed by atoms with Gasteiger partial charge in [-0.25, -0.2) is 0 Å². The van der Waals surface area contributed by atoms with E-state index in [1.54, 1.807) is 0 Å². The number of likely N-dealkylation sites (tertiary alicyclic amines) is 1. The van der Waals surface area contributed by atoms with E-state index in [4.69, 9.17) is 0 Å². The van der Waals surface area contributed by atoms with Crippen molar-refractivity contribution in [1.82, 2.24) is 14.5 Å². The molecule has 0 N–H and O–H groups in total. The molecule has 0 radical (unpaired) electrons. The zero-order valence-corrected chi connectivity index (χ0v) is 11.5. The van der Waals surface area contributed by atoms with E-state index in [-0.39, 0.29) is 5.91 Å². The molecule has 5 heteroatoms. The summed E-state index contributed by atoms with van der Waals surface area (Å²) < 4.78 is 3.89. The Labute approximate surface area is 106 Å². The largest absolute Gasteiger partial charge is 0.337 e. The second kappa shape index (κ2) is 5.12. The van der Waals surface area contributed by atoms with Crippen molar-refractivity contribution in [3.8, 4) is 0 Å². The number of amides is 1. The number of aromatic nitrogens is 2. The van der Waals surface area contributed by atoms with Crippen LogP contribution in [0, 0.1) is 11.8 Å². The zero-order valence-electron chi connectivity index (χ0n) is 10.6. The number of carbonyl (C=O) groups is 1. The first-order chi connectivity index (χ1) is 8.11. The molecule has 4 nitrogen and oxygen atoms in total. The monoisotopic (exact) mass is 253 g/mol. The highest BCUT2D eigenvalue weighted by Gasteiger charge is 2.28. The molecule has 2 atom stereocenters. The lowest BCUT2D eigenvalue weighted by molar-refractivity contribution is 0.0627. The van der Waals surface area contributed by atoms with Gasteiger partial charge in [-0.3, -0.25) is 4.79 Å². The Morgan fingerprint density at radius 2 is 2.06 bits per heavy atom. The average molecular weight is 253 g/mol. The molecule has 0 spiro atoms. The Morgan fingerprint density at radius 3 is 2.65 bits per heavy atom. The highest BCUT2D eigenvalue weighted by molar-refractivity contribution is 7.08. The number of aryl methyl sites for hydroxylation is 1. The number of carbonyl (C=O) groups excluding carboxylic acids is 1. The molecule has 0 aliphatic carbocycles. The van der Waals surface area contributed by atoms with Gasteiger partial charge in [0.2, 0.25) is 0 Å². The van der Waals surface area contributed by atoms with Gasteiger partial charge in [-0.2, -0.15) is 0 Å². The van der Waals surface area contributed by atoms with Crippen LogP contribution < -0.4 is 0 Å². The Hall–Kier alpha value is -0.970. The van der Waals surface area contributed by atoms with Crippen molar-refractivity contribution in [3.05, 3.63) is 10.6 Å². The molecular weight excluding hydrogens is 234 g/mol. The Balaban J connectivity index is 2.14. The van der Waals surface area contributed by atoms with Gasteiger partial charge in [-0.05, 0) is 36.2 Å². The molecule has 1 saturated heterocycles. The first-order valence-corrected chi connectivity index (χ1v) is 6.99. The molecule has 1 fully saturated rings. The van der Waals surface area contributed by atoms with Gasteiger partial charge in [-0.15, -0.1) is 5.10 Å². The quantitative estimate of drug-likeness (QED) is 0.812. The molecule has 1 aromatic heterocycles. The van der Waals surface area contributed by atoms with Gasteiger partial charge < -0.3 is 4.90 Å². The van der Waals surface area contributed by atoms with Crippen molar-refractivity contribution >= 4 is 17.4 Å². The highest BCUT2D eigenvalue weighted by Crippen LogP contribution is 2.24. The lowest BCUT2D eigenvalue weighted by Crippen LogP contribution is -2.42. The summed E-state index contributed by atoms with van der Waals surface area (Å²) >= 11 is 1.23. The van der Waals surface area contributed by atoms with E-state index in [2.05, 4.69) is 23.4 Å². The van der Waals surface area contributed by atoms with Crippen LogP contribution in [0.5, 0.6) is 0 Å². The van der Waals surface area contributed by atoms with Crippen molar-refractivity contribution in [2.45, 2.75) is 33.6 Å². The fourth-order valence-corrected chi connectivity index (χ4v) is 3.29. The second-order valence-corrected chi connectivity index (χ2v) is 5.81. The molecule has 2 rings (SSSR count). The van der Waals surface area contributed by atoms with Crippen LogP contribution in [0.25, 0.3) is 0 Å². The summed E-state index contributed by atoms with van der Waals surface area (Å²) in [6.45, 7) is 8.16. The molecule has 1 aliphatic rings. The fourth-order valence-electron chi connectivity index (χ4n) is 2.57. The molecule has 1 aromatic rings. The van der Waals surface area contributed by atoms with Crippen LogP contribution in [-0.4, -0.2) is 33.5 Å². The van der Waals surface area contributed by atoms with E-state index >= 15 is 0 Å². The second-order valence-electron chi connectivity index (χ2n) is 5.06. The van der Waals surface area contributed by atoms with Gasteiger partial charge in [0, 0.05) is 13.1 Å². The minimum atomic E-state index is 0.121. The van der Waals surface area contributed by atoms with Gasteiger partial charge in [0.25, 0.3) is 5.91 Å². The van der Waals surface area contributed by atoms with Gasteiger partial charge >= 0.3 is 0 Å². The maximum absolute atomic E-state index is 12.4. The van der Waals surface area contributed by atoms with Crippen molar-refractivity contribution in [1.29, 1.82) is 0 Å². The summed E-state index contributed by atoms with van der Waals surface area (Å²) in [5.74, 6) is 1.30. The first kappa shape index (κ1) is 12.5. The third kappa shape index (κ3) is 2.65. The number of hydrogen-bond acceptors (Lipinski definition) is 4. The Bertz CT molecular complexity index is 394. The summed E-state index contributed by atoms with van der Waals surface area (Å²) in [4.78, 5) is 15.1. The van der Waals surface area contributed by atoms with Crippen molar-refractivity contribution in [3.63, 3.8) is 0 Å². The summed E-state index contributed by atoms with van der Waals surface area (Å²) in [5, 5.41) is 4.01. The summed E-state index contributed by atoms with van der Waals surface area (Å²) in [7, 11) is 0. The van der Waals surface area contributed by atoms with Crippen molar-refractivity contribution < 1.29 is 4.79 Å². The topological polar surface area (TPSA) is 46.1 Å². The van der Waals surface area contributed by atoms with Crippen LogP contribution in [0.15, 0.2) is 0 Å². The minimum absolute atomic E-state index is 0.121. The number of nitrogens with zero attached hydrogens (tertiary/aromatic N) is 3. The van der Waals surface area contributed by atoms with Gasteiger partial charge in [0.1, 0.15) is 4.88 Å². The molecule has 0 unspecified atom stereocenters. The molecule has 1 amide bonds. The average Bonchev–Trinajstić information content (AvgIpc) is 2.74. The van der Waals surface area contributed by atoms with E-state index < -0.39 is 0 Å². The molecule has 94 valence electrons. The van der Waals surface area contributed by atoms with Gasteiger partial charge in [0.05, 0.1) is 5.69 Å². The highest BCUT2D eigenvalue weighted by atomic mass is 32.1. The molecule has 0 aromatic carbocycles. The van der Waals surface area contributed by atoms with Crippen LogP contribution in [0.2, 0.25) is 0 Å². The molecular formula is C12H19N3OS. The number of piperidine rings is 1. The molecule has 17 heavy (non-hydrogen) atoms. The van der Waals surface area contributed by atoms with Gasteiger partial charge in [-0.1, -0.05) is 25.3 Å². The van der Waals surface area contributed by atoms with E-state index in [0.29, 0.717) is 11.8 Å².